The molecule has 0 atom stereocenters. The van der Waals surface area contributed by atoms with Gasteiger partial charge in [0.15, 0.2) is 0 Å². The molecule has 1 aliphatic heterocycles. The fourth-order valence-corrected chi connectivity index (χ4v) is 3.77. The number of hydrogen-bond acceptors (Lipinski definition) is 4. The highest BCUT2D eigenvalue weighted by molar-refractivity contribution is 7.88. The second kappa shape index (κ2) is 6.79. The lowest BCUT2D eigenvalue weighted by Crippen LogP contribution is -2.39. The molecule has 0 bridgehead atoms. The number of oxime groups is 1. The van der Waals surface area contributed by atoms with Gasteiger partial charge in [-0.05, 0) is 36.0 Å². The normalized spacial score (nSPS) is 18.8. The highest BCUT2D eigenvalue weighted by Gasteiger charge is 2.28. The molecule has 0 unspecified atom stereocenters. The zero-order chi connectivity index (χ0) is 16.3. The molecule has 0 aromatic heterocycles. The van der Waals surface area contributed by atoms with Gasteiger partial charge in [-0.2, -0.15) is 0 Å². The van der Waals surface area contributed by atoms with Gasteiger partial charge in [-0.3, -0.25) is 0 Å². The van der Waals surface area contributed by atoms with Crippen molar-refractivity contribution < 1.29 is 13.6 Å². The number of benzene rings is 1. The molecule has 6 heteroatoms. The van der Waals surface area contributed by atoms with Crippen LogP contribution in [0.15, 0.2) is 29.4 Å². The summed E-state index contributed by atoms with van der Waals surface area (Å²) in [5.41, 5.74) is 2.79. The van der Waals surface area contributed by atoms with Crippen LogP contribution in [0.3, 0.4) is 0 Å². The molecule has 1 heterocycles. The quantitative estimate of drug-likeness (QED) is 0.526. The van der Waals surface area contributed by atoms with Crippen LogP contribution in [-0.4, -0.2) is 43.0 Å². The van der Waals surface area contributed by atoms with Crippen LogP contribution in [-0.2, 0) is 10.0 Å². The summed E-state index contributed by atoms with van der Waals surface area (Å²) in [7, 11) is -3.13. The Balaban J connectivity index is 2.16. The van der Waals surface area contributed by atoms with Gasteiger partial charge in [0.1, 0.15) is 0 Å². The fraction of sp³-hybridized carbons (Fsp3) is 0.562. The van der Waals surface area contributed by atoms with Gasteiger partial charge in [-0.15, -0.1) is 0 Å². The molecule has 122 valence electrons. The summed E-state index contributed by atoms with van der Waals surface area (Å²) in [6.07, 6.45) is 2.59. The predicted molar refractivity (Wildman–Crippen MR) is 88.0 cm³/mol. The fourth-order valence-electron chi connectivity index (χ4n) is 2.89. The van der Waals surface area contributed by atoms with Crippen molar-refractivity contribution in [2.75, 3.05) is 19.3 Å². The van der Waals surface area contributed by atoms with Gasteiger partial charge in [-0.1, -0.05) is 37.2 Å². The molecule has 2 rings (SSSR count). The maximum absolute atomic E-state index is 11.6. The Hall–Kier alpha value is -1.40. The van der Waals surface area contributed by atoms with Crippen molar-refractivity contribution in [2.45, 2.75) is 32.6 Å². The molecule has 0 spiro atoms. The lowest BCUT2D eigenvalue weighted by molar-refractivity contribution is 0.294. The topological polar surface area (TPSA) is 70.0 Å². The first-order valence-electron chi connectivity index (χ1n) is 7.60. The van der Waals surface area contributed by atoms with Crippen LogP contribution in [0.5, 0.6) is 0 Å². The first-order valence-corrected chi connectivity index (χ1v) is 9.45. The van der Waals surface area contributed by atoms with Crippen LogP contribution in [0.1, 0.15) is 43.7 Å². The summed E-state index contributed by atoms with van der Waals surface area (Å²) in [6, 6.07) is 8.05. The van der Waals surface area contributed by atoms with E-state index in [1.165, 1.54) is 16.1 Å². The van der Waals surface area contributed by atoms with E-state index in [1.807, 2.05) is 12.1 Å². The van der Waals surface area contributed by atoms with Crippen molar-refractivity contribution in [1.29, 1.82) is 0 Å². The van der Waals surface area contributed by atoms with E-state index in [1.54, 1.807) is 0 Å². The van der Waals surface area contributed by atoms with Crippen molar-refractivity contribution in [3.05, 3.63) is 35.4 Å². The highest BCUT2D eigenvalue weighted by Crippen LogP contribution is 2.25. The minimum absolute atomic E-state index is 0.0883. The maximum atomic E-state index is 11.6. The van der Waals surface area contributed by atoms with Gasteiger partial charge in [-0.25, -0.2) is 12.7 Å². The van der Waals surface area contributed by atoms with Crippen molar-refractivity contribution >= 4 is 15.7 Å². The Bertz CT molecular complexity index is 645. The summed E-state index contributed by atoms with van der Waals surface area (Å²) in [5.74, 6) is 0.498. The van der Waals surface area contributed by atoms with Crippen molar-refractivity contribution in [2.24, 2.45) is 11.1 Å². The Labute approximate surface area is 132 Å². The third kappa shape index (κ3) is 3.87. The van der Waals surface area contributed by atoms with Crippen LogP contribution in [0.4, 0.5) is 0 Å². The number of rotatable bonds is 4. The minimum Gasteiger partial charge on any atom is -0.411 e. The Morgan fingerprint density at radius 2 is 1.95 bits per heavy atom. The zero-order valence-electron chi connectivity index (χ0n) is 13.4. The van der Waals surface area contributed by atoms with Crippen LogP contribution >= 0.6 is 0 Å². The molecule has 5 nitrogen and oxygen atoms in total. The molecule has 22 heavy (non-hydrogen) atoms. The van der Waals surface area contributed by atoms with Gasteiger partial charge in [0.25, 0.3) is 0 Å². The second-order valence-corrected chi connectivity index (χ2v) is 8.18. The maximum Gasteiger partial charge on any atom is 0.211 e. The third-order valence-corrected chi connectivity index (χ3v) is 5.57. The standard InChI is InChI=1S/C16H24N2O3S/c1-12(2)14-5-4-6-15(11-14)16(17-19)13-7-9-18(10-8-13)22(3,20)21/h4-6,11-13,19H,7-10H2,1-3H3/b17-16+. The van der Waals surface area contributed by atoms with Gasteiger partial charge in [0.05, 0.1) is 12.0 Å². The lowest BCUT2D eigenvalue weighted by Gasteiger charge is -2.30. The van der Waals surface area contributed by atoms with E-state index in [4.69, 9.17) is 0 Å². The molecule has 0 amide bonds. The smallest absolute Gasteiger partial charge is 0.211 e. The Morgan fingerprint density at radius 3 is 2.45 bits per heavy atom. The number of nitrogens with zero attached hydrogens (tertiary/aromatic N) is 2. The van der Waals surface area contributed by atoms with Crippen LogP contribution in [0.25, 0.3) is 0 Å². The van der Waals surface area contributed by atoms with Crippen LogP contribution < -0.4 is 0 Å². The van der Waals surface area contributed by atoms with E-state index in [-0.39, 0.29) is 5.92 Å². The van der Waals surface area contributed by atoms with Gasteiger partial charge >= 0.3 is 0 Å². The molecule has 1 aromatic carbocycles. The molecule has 1 N–H and O–H groups in total. The van der Waals surface area contributed by atoms with Gasteiger partial charge < -0.3 is 5.21 Å². The van der Waals surface area contributed by atoms with E-state index in [9.17, 15) is 13.6 Å². The molecule has 0 aliphatic carbocycles. The minimum atomic E-state index is -3.13. The molecule has 1 fully saturated rings. The van der Waals surface area contributed by atoms with E-state index < -0.39 is 10.0 Å². The lowest BCUT2D eigenvalue weighted by atomic mass is 9.87. The van der Waals surface area contributed by atoms with Crippen molar-refractivity contribution in [3.63, 3.8) is 0 Å². The van der Waals surface area contributed by atoms with E-state index in [0.717, 1.165) is 5.56 Å². The Morgan fingerprint density at radius 1 is 1.32 bits per heavy atom. The van der Waals surface area contributed by atoms with Crippen molar-refractivity contribution in [1.82, 2.24) is 4.31 Å². The molecule has 1 saturated heterocycles. The molecule has 1 aliphatic rings. The number of hydrogen-bond donors (Lipinski definition) is 1. The Kier molecular flexibility index (Phi) is 5.24. The first kappa shape index (κ1) is 17.0. The second-order valence-electron chi connectivity index (χ2n) is 6.20. The summed E-state index contributed by atoms with van der Waals surface area (Å²) >= 11 is 0. The summed E-state index contributed by atoms with van der Waals surface area (Å²) in [4.78, 5) is 0. The largest absolute Gasteiger partial charge is 0.411 e. The summed E-state index contributed by atoms with van der Waals surface area (Å²) < 4.78 is 24.6. The average molecular weight is 324 g/mol. The summed E-state index contributed by atoms with van der Waals surface area (Å²) in [6.45, 7) is 5.21. The molecule has 1 aromatic rings. The molecule has 0 saturated carbocycles. The first-order chi connectivity index (χ1) is 10.3. The third-order valence-electron chi connectivity index (χ3n) is 4.27. The van der Waals surface area contributed by atoms with E-state index in [2.05, 4.69) is 31.1 Å². The van der Waals surface area contributed by atoms with Gasteiger partial charge in [0.2, 0.25) is 10.0 Å². The molecular weight excluding hydrogens is 300 g/mol. The predicted octanol–water partition coefficient (Wildman–Crippen LogP) is 2.66. The van der Waals surface area contributed by atoms with Gasteiger partial charge in [0, 0.05) is 19.0 Å². The number of sulfonamides is 1. The number of piperidine rings is 1. The average Bonchev–Trinajstić information content (AvgIpc) is 2.48. The van der Waals surface area contributed by atoms with Crippen LogP contribution in [0, 0.1) is 5.92 Å². The van der Waals surface area contributed by atoms with Crippen molar-refractivity contribution in [3.8, 4) is 0 Å². The van der Waals surface area contributed by atoms with E-state index >= 15 is 0 Å². The summed E-state index contributed by atoms with van der Waals surface area (Å²) in [5, 5.41) is 13.0. The molecule has 0 radical (unpaired) electrons. The highest BCUT2D eigenvalue weighted by atomic mass is 32.2. The van der Waals surface area contributed by atoms with Crippen LogP contribution in [0.2, 0.25) is 0 Å². The van der Waals surface area contributed by atoms with E-state index in [0.29, 0.717) is 37.6 Å². The monoisotopic (exact) mass is 324 g/mol. The zero-order valence-corrected chi connectivity index (χ0v) is 14.2. The SMILES string of the molecule is CC(C)c1cccc(/C(=N/O)C2CCN(S(C)(=O)=O)CC2)c1. The molecular formula is C16H24N2O3S.